The largest absolute Gasteiger partial charge is 0.465 e. The van der Waals surface area contributed by atoms with E-state index in [1.807, 2.05) is 0 Å². The zero-order valence-electron chi connectivity index (χ0n) is 13.5. The van der Waals surface area contributed by atoms with Gasteiger partial charge in [-0.2, -0.15) is 0 Å². The first-order valence-corrected chi connectivity index (χ1v) is 10.2. The number of hydrogen-bond donors (Lipinski definition) is 2. The van der Waals surface area contributed by atoms with Crippen LogP contribution in [0.3, 0.4) is 0 Å². The van der Waals surface area contributed by atoms with Crippen LogP contribution in [-0.2, 0) is 14.8 Å². The monoisotopic (exact) mass is 360 g/mol. The third kappa shape index (κ3) is 4.12. The molecule has 130 valence electrons. The van der Waals surface area contributed by atoms with Gasteiger partial charge in [0.2, 0.25) is 10.0 Å². The Bertz CT molecular complexity index is 648. The quantitative estimate of drug-likeness (QED) is 0.756. The predicted molar refractivity (Wildman–Crippen MR) is 90.1 cm³/mol. The van der Waals surface area contributed by atoms with Crippen molar-refractivity contribution in [3.05, 3.63) is 15.8 Å². The SMILES string of the molecule is COC(=O)c1scc(C)c1S(=O)(=O)NC(CN)C1CCCCC1. The van der Waals surface area contributed by atoms with Crippen LogP contribution in [0.15, 0.2) is 10.3 Å². The highest BCUT2D eigenvalue weighted by atomic mass is 32.2. The van der Waals surface area contributed by atoms with E-state index in [2.05, 4.69) is 9.46 Å². The summed E-state index contributed by atoms with van der Waals surface area (Å²) in [7, 11) is -2.57. The average Bonchev–Trinajstić information content (AvgIpc) is 2.95. The van der Waals surface area contributed by atoms with Gasteiger partial charge >= 0.3 is 5.97 Å². The zero-order chi connectivity index (χ0) is 17.0. The van der Waals surface area contributed by atoms with Crippen molar-refractivity contribution in [2.45, 2.75) is 50.0 Å². The first kappa shape index (κ1) is 18.4. The molecular weight excluding hydrogens is 336 g/mol. The molecule has 1 aromatic heterocycles. The number of carbonyl (C=O) groups excluding carboxylic acids is 1. The van der Waals surface area contributed by atoms with E-state index in [0.29, 0.717) is 5.56 Å². The van der Waals surface area contributed by atoms with Gasteiger partial charge in [0.05, 0.1) is 7.11 Å². The Morgan fingerprint density at radius 3 is 2.65 bits per heavy atom. The minimum Gasteiger partial charge on any atom is -0.465 e. The van der Waals surface area contributed by atoms with Crippen molar-refractivity contribution in [2.24, 2.45) is 11.7 Å². The molecule has 1 fully saturated rings. The van der Waals surface area contributed by atoms with E-state index in [1.54, 1.807) is 12.3 Å². The number of nitrogens with two attached hydrogens (primary N) is 1. The van der Waals surface area contributed by atoms with Gasteiger partial charge < -0.3 is 10.5 Å². The Hall–Kier alpha value is -0.960. The van der Waals surface area contributed by atoms with E-state index in [-0.39, 0.29) is 28.3 Å². The van der Waals surface area contributed by atoms with Gasteiger partial charge in [0.15, 0.2) is 0 Å². The van der Waals surface area contributed by atoms with Crippen LogP contribution >= 0.6 is 11.3 Å². The van der Waals surface area contributed by atoms with Crippen LogP contribution < -0.4 is 10.5 Å². The molecule has 0 aliphatic heterocycles. The zero-order valence-corrected chi connectivity index (χ0v) is 15.1. The lowest BCUT2D eigenvalue weighted by molar-refractivity contribution is 0.0602. The van der Waals surface area contributed by atoms with Crippen LogP contribution in [-0.4, -0.2) is 34.1 Å². The Morgan fingerprint density at radius 1 is 1.43 bits per heavy atom. The minimum atomic E-state index is -3.81. The molecular formula is C15H24N2O4S2. The highest BCUT2D eigenvalue weighted by Crippen LogP contribution is 2.30. The fraction of sp³-hybridized carbons (Fsp3) is 0.667. The number of sulfonamides is 1. The molecule has 0 amide bonds. The second kappa shape index (κ2) is 7.74. The highest BCUT2D eigenvalue weighted by molar-refractivity contribution is 7.89. The first-order valence-electron chi connectivity index (χ1n) is 7.79. The number of ether oxygens (including phenoxy) is 1. The molecule has 0 aromatic carbocycles. The maximum Gasteiger partial charge on any atom is 0.349 e. The van der Waals surface area contributed by atoms with Gasteiger partial charge in [0.25, 0.3) is 0 Å². The van der Waals surface area contributed by atoms with Gasteiger partial charge in [0, 0.05) is 12.6 Å². The van der Waals surface area contributed by atoms with Crippen molar-refractivity contribution in [1.82, 2.24) is 4.72 Å². The van der Waals surface area contributed by atoms with Gasteiger partial charge in [-0.25, -0.2) is 17.9 Å². The predicted octanol–water partition coefficient (Wildman–Crippen LogP) is 2.03. The summed E-state index contributed by atoms with van der Waals surface area (Å²) in [5, 5.41) is 1.65. The van der Waals surface area contributed by atoms with Crippen LogP contribution in [0.5, 0.6) is 0 Å². The molecule has 23 heavy (non-hydrogen) atoms. The molecule has 1 saturated carbocycles. The minimum absolute atomic E-state index is 0.0172. The Balaban J connectivity index is 2.27. The molecule has 0 radical (unpaired) electrons. The molecule has 1 aliphatic carbocycles. The van der Waals surface area contributed by atoms with E-state index in [4.69, 9.17) is 5.73 Å². The number of rotatable bonds is 6. The van der Waals surface area contributed by atoms with Gasteiger partial charge in [-0.3, -0.25) is 0 Å². The van der Waals surface area contributed by atoms with E-state index >= 15 is 0 Å². The number of carbonyl (C=O) groups is 1. The van der Waals surface area contributed by atoms with Crippen LogP contribution in [0.4, 0.5) is 0 Å². The summed E-state index contributed by atoms with van der Waals surface area (Å²) in [5.74, 6) is -0.380. The Kier molecular flexibility index (Phi) is 6.19. The molecule has 1 atom stereocenters. The summed E-state index contributed by atoms with van der Waals surface area (Å²) in [5.41, 5.74) is 6.35. The molecule has 1 aromatic rings. The molecule has 8 heteroatoms. The Morgan fingerprint density at radius 2 is 2.09 bits per heavy atom. The van der Waals surface area contributed by atoms with Gasteiger partial charge in [-0.1, -0.05) is 19.3 Å². The molecule has 3 N–H and O–H groups in total. The van der Waals surface area contributed by atoms with Gasteiger partial charge in [-0.05, 0) is 36.6 Å². The summed E-state index contributed by atoms with van der Waals surface area (Å²) in [4.78, 5) is 11.9. The molecule has 1 aliphatic rings. The number of aryl methyl sites for hydroxylation is 1. The molecule has 0 bridgehead atoms. The number of thiophene rings is 1. The normalized spacial score (nSPS) is 17.9. The second-order valence-corrected chi connectivity index (χ2v) is 8.46. The first-order chi connectivity index (χ1) is 10.9. The maximum absolute atomic E-state index is 12.8. The number of methoxy groups -OCH3 is 1. The standard InChI is InChI=1S/C15H24N2O4S2/c1-10-9-22-13(15(18)21-2)14(10)23(19,20)17-12(8-16)11-6-4-3-5-7-11/h9,11-12,17H,3-8,16H2,1-2H3. The van der Waals surface area contributed by atoms with Crippen molar-refractivity contribution >= 4 is 27.3 Å². The van der Waals surface area contributed by atoms with E-state index < -0.39 is 16.0 Å². The summed E-state index contributed by atoms with van der Waals surface area (Å²) >= 11 is 1.08. The fourth-order valence-corrected chi connectivity index (χ4v) is 6.16. The van der Waals surface area contributed by atoms with Crippen molar-refractivity contribution in [3.8, 4) is 0 Å². The second-order valence-electron chi connectivity index (χ2n) is 5.93. The smallest absolute Gasteiger partial charge is 0.349 e. The average molecular weight is 361 g/mol. The maximum atomic E-state index is 12.8. The molecule has 1 unspecified atom stereocenters. The van der Waals surface area contributed by atoms with Gasteiger partial charge in [-0.15, -0.1) is 11.3 Å². The summed E-state index contributed by atoms with van der Waals surface area (Å²) in [6.45, 7) is 1.93. The van der Waals surface area contributed by atoms with Crippen molar-refractivity contribution in [3.63, 3.8) is 0 Å². The van der Waals surface area contributed by atoms with Crippen LogP contribution in [0.25, 0.3) is 0 Å². The lowest BCUT2D eigenvalue weighted by Crippen LogP contribution is -2.46. The molecule has 6 nitrogen and oxygen atoms in total. The topological polar surface area (TPSA) is 98.5 Å². The summed E-state index contributed by atoms with van der Waals surface area (Å²) < 4.78 is 33.0. The lowest BCUT2D eigenvalue weighted by Gasteiger charge is -2.29. The number of hydrogen-bond acceptors (Lipinski definition) is 6. The van der Waals surface area contributed by atoms with Gasteiger partial charge in [0.1, 0.15) is 9.77 Å². The van der Waals surface area contributed by atoms with Crippen molar-refractivity contribution in [1.29, 1.82) is 0 Å². The molecule has 2 rings (SSSR count). The third-order valence-electron chi connectivity index (χ3n) is 4.34. The van der Waals surface area contributed by atoms with Crippen molar-refractivity contribution < 1.29 is 17.9 Å². The third-order valence-corrected chi connectivity index (χ3v) is 7.22. The molecule has 1 heterocycles. The highest BCUT2D eigenvalue weighted by Gasteiger charge is 2.32. The summed E-state index contributed by atoms with van der Waals surface area (Å²) in [6.07, 6.45) is 5.37. The van der Waals surface area contributed by atoms with Crippen LogP contribution in [0.1, 0.15) is 47.3 Å². The van der Waals surface area contributed by atoms with Crippen LogP contribution in [0, 0.1) is 12.8 Å². The Labute approximate surface area is 141 Å². The van der Waals surface area contributed by atoms with E-state index in [0.717, 1.165) is 37.0 Å². The molecule has 0 saturated heterocycles. The van der Waals surface area contributed by atoms with Crippen LogP contribution in [0.2, 0.25) is 0 Å². The van der Waals surface area contributed by atoms with E-state index in [1.165, 1.54) is 13.5 Å². The number of nitrogens with one attached hydrogen (secondary N) is 1. The lowest BCUT2D eigenvalue weighted by atomic mass is 9.84. The van der Waals surface area contributed by atoms with E-state index in [9.17, 15) is 13.2 Å². The van der Waals surface area contributed by atoms with Crippen molar-refractivity contribution in [2.75, 3.05) is 13.7 Å². The summed E-state index contributed by atoms with van der Waals surface area (Å²) in [6, 6.07) is -0.301. The molecule has 0 spiro atoms. The fourth-order valence-electron chi connectivity index (χ4n) is 3.13. The number of esters is 1.